The summed E-state index contributed by atoms with van der Waals surface area (Å²) in [4.78, 5) is 23.5. The van der Waals surface area contributed by atoms with Crippen molar-refractivity contribution in [3.8, 4) is 11.5 Å². The fourth-order valence-electron chi connectivity index (χ4n) is 1.88. The van der Waals surface area contributed by atoms with Crippen LogP contribution in [0.25, 0.3) is 0 Å². The second kappa shape index (κ2) is 7.26. The largest absolute Gasteiger partial charge is 0.497 e. The number of Topliss-reactive ketones (excluding diaryl/α,β-unsaturated/α-hetero) is 1. The maximum atomic E-state index is 12.1. The molecule has 2 aromatic carbocycles. The number of carbonyl (C=O) groups is 2. The predicted molar refractivity (Wildman–Crippen MR) is 82.7 cm³/mol. The van der Waals surface area contributed by atoms with Crippen molar-refractivity contribution in [2.75, 3.05) is 20.8 Å². The van der Waals surface area contributed by atoms with Crippen LogP contribution in [0.3, 0.4) is 0 Å². The van der Waals surface area contributed by atoms with Crippen molar-refractivity contribution in [3.05, 3.63) is 59.7 Å². The molecule has 0 fully saturated rings. The Morgan fingerprint density at radius 1 is 1.00 bits per heavy atom. The van der Waals surface area contributed by atoms with Gasteiger partial charge in [-0.25, -0.2) is 0 Å². The molecular formula is C17H17NO4. The Labute approximate surface area is 128 Å². The van der Waals surface area contributed by atoms with Crippen molar-refractivity contribution in [1.29, 1.82) is 0 Å². The maximum absolute atomic E-state index is 12.1. The first kappa shape index (κ1) is 15.6. The number of nitrogens with one attached hydrogen (secondary N) is 1. The standard InChI is InChI=1S/C17H17NO4/c1-18-17(20)12-6-8-14(9-7-12)22-11-16(19)13-4-3-5-15(10-13)21-2/h3-10H,11H2,1-2H3,(H,18,20). The first-order valence-corrected chi connectivity index (χ1v) is 6.76. The van der Waals surface area contributed by atoms with Gasteiger partial charge >= 0.3 is 0 Å². The summed E-state index contributed by atoms with van der Waals surface area (Å²) in [5, 5.41) is 2.54. The summed E-state index contributed by atoms with van der Waals surface area (Å²) in [6.07, 6.45) is 0. The second-order valence-electron chi connectivity index (χ2n) is 4.55. The van der Waals surface area contributed by atoms with Crippen LogP contribution in [-0.2, 0) is 0 Å². The van der Waals surface area contributed by atoms with Crippen LogP contribution >= 0.6 is 0 Å². The Morgan fingerprint density at radius 3 is 2.36 bits per heavy atom. The van der Waals surface area contributed by atoms with Gasteiger partial charge in [-0.3, -0.25) is 9.59 Å². The number of hydrogen-bond donors (Lipinski definition) is 1. The highest BCUT2D eigenvalue weighted by atomic mass is 16.5. The van der Waals surface area contributed by atoms with E-state index in [0.717, 1.165) is 0 Å². The molecule has 0 aromatic heterocycles. The zero-order valence-corrected chi connectivity index (χ0v) is 12.5. The zero-order valence-electron chi connectivity index (χ0n) is 12.5. The summed E-state index contributed by atoms with van der Waals surface area (Å²) in [6.45, 7) is -0.0769. The lowest BCUT2D eigenvalue weighted by Gasteiger charge is -2.07. The van der Waals surface area contributed by atoms with Crippen molar-refractivity contribution in [2.45, 2.75) is 0 Å². The molecule has 0 aliphatic carbocycles. The highest BCUT2D eigenvalue weighted by Crippen LogP contribution is 2.15. The smallest absolute Gasteiger partial charge is 0.251 e. The molecule has 2 rings (SSSR count). The summed E-state index contributed by atoms with van der Waals surface area (Å²) in [5.41, 5.74) is 1.07. The van der Waals surface area contributed by atoms with Gasteiger partial charge in [-0.2, -0.15) is 0 Å². The van der Waals surface area contributed by atoms with Crippen molar-refractivity contribution in [2.24, 2.45) is 0 Å². The number of ether oxygens (including phenoxy) is 2. The van der Waals surface area contributed by atoms with Crippen LogP contribution in [0.5, 0.6) is 11.5 Å². The number of carbonyl (C=O) groups excluding carboxylic acids is 2. The van der Waals surface area contributed by atoms with Crippen LogP contribution in [0.15, 0.2) is 48.5 Å². The van der Waals surface area contributed by atoms with Gasteiger partial charge in [-0.05, 0) is 36.4 Å². The molecule has 114 valence electrons. The second-order valence-corrected chi connectivity index (χ2v) is 4.55. The number of hydrogen-bond acceptors (Lipinski definition) is 4. The van der Waals surface area contributed by atoms with Gasteiger partial charge in [0.1, 0.15) is 11.5 Å². The monoisotopic (exact) mass is 299 g/mol. The van der Waals surface area contributed by atoms with Crippen LogP contribution in [0, 0.1) is 0 Å². The summed E-state index contributed by atoms with van der Waals surface area (Å²) in [7, 11) is 3.12. The highest BCUT2D eigenvalue weighted by Gasteiger charge is 2.08. The summed E-state index contributed by atoms with van der Waals surface area (Å²) in [5.74, 6) is 0.845. The Hall–Kier alpha value is -2.82. The molecule has 0 atom stereocenters. The van der Waals surface area contributed by atoms with Crippen LogP contribution in [0.2, 0.25) is 0 Å². The van der Waals surface area contributed by atoms with Crippen LogP contribution in [-0.4, -0.2) is 32.5 Å². The van der Waals surface area contributed by atoms with Crippen molar-refractivity contribution < 1.29 is 19.1 Å². The molecule has 0 saturated carbocycles. The Balaban J connectivity index is 1.97. The average molecular weight is 299 g/mol. The third kappa shape index (κ3) is 3.85. The molecule has 5 heteroatoms. The van der Waals surface area contributed by atoms with E-state index in [4.69, 9.17) is 9.47 Å². The summed E-state index contributed by atoms with van der Waals surface area (Å²) >= 11 is 0. The first-order valence-electron chi connectivity index (χ1n) is 6.76. The van der Waals surface area contributed by atoms with Gasteiger partial charge in [0.05, 0.1) is 7.11 Å². The SMILES string of the molecule is CNC(=O)c1ccc(OCC(=O)c2cccc(OC)c2)cc1. The average Bonchev–Trinajstić information content (AvgIpc) is 2.59. The Morgan fingerprint density at radius 2 is 1.73 bits per heavy atom. The molecule has 1 amide bonds. The lowest BCUT2D eigenvalue weighted by molar-refractivity contribution is 0.0919. The van der Waals surface area contributed by atoms with E-state index in [1.165, 1.54) is 0 Å². The summed E-state index contributed by atoms with van der Waals surface area (Å²) < 4.78 is 10.5. The minimum Gasteiger partial charge on any atom is -0.497 e. The van der Waals surface area contributed by atoms with Gasteiger partial charge in [0.25, 0.3) is 5.91 Å². The molecule has 1 N–H and O–H groups in total. The maximum Gasteiger partial charge on any atom is 0.251 e. The molecule has 0 saturated heterocycles. The predicted octanol–water partition coefficient (Wildman–Crippen LogP) is 2.32. The van der Waals surface area contributed by atoms with E-state index in [1.54, 1.807) is 62.7 Å². The Bertz CT molecular complexity index is 665. The van der Waals surface area contributed by atoms with E-state index in [0.29, 0.717) is 22.6 Å². The minimum atomic E-state index is -0.168. The third-order valence-corrected chi connectivity index (χ3v) is 3.11. The van der Waals surface area contributed by atoms with E-state index in [9.17, 15) is 9.59 Å². The topological polar surface area (TPSA) is 64.6 Å². The number of methoxy groups -OCH3 is 1. The first-order chi connectivity index (χ1) is 10.6. The van der Waals surface area contributed by atoms with Crippen LogP contribution in [0.1, 0.15) is 20.7 Å². The molecular weight excluding hydrogens is 282 g/mol. The van der Waals surface area contributed by atoms with Crippen molar-refractivity contribution in [1.82, 2.24) is 5.32 Å². The van der Waals surface area contributed by atoms with Gasteiger partial charge in [0.15, 0.2) is 12.4 Å². The molecule has 22 heavy (non-hydrogen) atoms. The van der Waals surface area contributed by atoms with E-state index in [1.807, 2.05) is 0 Å². The van der Waals surface area contributed by atoms with Gasteiger partial charge in [0, 0.05) is 18.2 Å². The molecule has 0 aliphatic rings. The van der Waals surface area contributed by atoms with Gasteiger partial charge in [0.2, 0.25) is 0 Å². The minimum absolute atomic E-state index is 0.0769. The fraction of sp³-hybridized carbons (Fsp3) is 0.176. The number of ketones is 1. The molecule has 0 heterocycles. The van der Waals surface area contributed by atoms with E-state index < -0.39 is 0 Å². The van der Waals surface area contributed by atoms with E-state index in [2.05, 4.69) is 5.32 Å². The highest BCUT2D eigenvalue weighted by molar-refractivity contribution is 5.97. The van der Waals surface area contributed by atoms with Crippen molar-refractivity contribution >= 4 is 11.7 Å². The van der Waals surface area contributed by atoms with Gasteiger partial charge in [-0.1, -0.05) is 12.1 Å². The number of rotatable bonds is 6. The van der Waals surface area contributed by atoms with E-state index in [-0.39, 0.29) is 18.3 Å². The Kier molecular flexibility index (Phi) is 5.14. The quantitative estimate of drug-likeness (QED) is 0.831. The van der Waals surface area contributed by atoms with Crippen LogP contribution in [0.4, 0.5) is 0 Å². The number of benzene rings is 2. The van der Waals surface area contributed by atoms with Crippen molar-refractivity contribution in [3.63, 3.8) is 0 Å². The molecule has 0 aliphatic heterocycles. The lowest BCUT2D eigenvalue weighted by Crippen LogP contribution is -2.17. The summed E-state index contributed by atoms with van der Waals surface area (Å²) in [6, 6.07) is 13.5. The zero-order chi connectivity index (χ0) is 15.9. The third-order valence-electron chi connectivity index (χ3n) is 3.11. The molecule has 0 spiro atoms. The van der Waals surface area contributed by atoms with Gasteiger partial charge in [-0.15, -0.1) is 0 Å². The molecule has 0 unspecified atom stereocenters. The molecule has 5 nitrogen and oxygen atoms in total. The van der Waals surface area contributed by atoms with Crippen LogP contribution < -0.4 is 14.8 Å². The fourth-order valence-corrected chi connectivity index (χ4v) is 1.88. The van der Waals surface area contributed by atoms with Gasteiger partial charge < -0.3 is 14.8 Å². The van der Waals surface area contributed by atoms with E-state index >= 15 is 0 Å². The molecule has 0 bridgehead atoms. The lowest BCUT2D eigenvalue weighted by atomic mass is 10.1. The molecule has 2 aromatic rings. The molecule has 0 radical (unpaired) electrons. The normalized spacial score (nSPS) is 9.91. The number of amides is 1.